The number of pyridine rings is 1. The number of nitrogens with one attached hydrogen (secondary N) is 1. The van der Waals surface area contributed by atoms with Crippen molar-refractivity contribution >= 4 is 5.82 Å². The van der Waals surface area contributed by atoms with Gasteiger partial charge < -0.3 is 11.1 Å². The quantitative estimate of drug-likeness (QED) is 0.819. The largest absolute Gasteiger partial charge is 0.384 e. The fraction of sp³-hybridized carbons (Fsp3) is 0.615. The molecule has 1 rings (SSSR count). The first kappa shape index (κ1) is 13.0. The summed E-state index contributed by atoms with van der Waals surface area (Å²) in [5, 5.41) is 3.53. The Labute approximate surface area is 98.5 Å². The van der Waals surface area contributed by atoms with Gasteiger partial charge >= 0.3 is 0 Å². The monoisotopic (exact) mass is 221 g/mol. The van der Waals surface area contributed by atoms with Crippen molar-refractivity contribution in [1.82, 2.24) is 10.3 Å². The maximum absolute atomic E-state index is 5.69. The minimum Gasteiger partial charge on any atom is -0.384 e. The molecule has 1 aromatic heterocycles. The molecular weight excluding hydrogens is 198 g/mol. The van der Waals surface area contributed by atoms with E-state index in [1.807, 2.05) is 12.1 Å². The predicted molar refractivity (Wildman–Crippen MR) is 69.3 cm³/mol. The van der Waals surface area contributed by atoms with Gasteiger partial charge in [0.25, 0.3) is 0 Å². The Kier molecular flexibility index (Phi) is 4.30. The number of nitrogen functional groups attached to an aromatic ring is 1. The molecule has 90 valence electrons. The van der Waals surface area contributed by atoms with Crippen molar-refractivity contribution < 1.29 is 0 Å². The van der Waals surface area contributed by atoms with Gasteiger partial charge in [0.15, 0.2) is 0 Å². The Bertz CT molecular complexity index is 328. The van der Waals surface area contributed by atoms with E-state index in [1.165, 1.54) is 5.56 Å². The molecule has 1 aromatic rings. The maximum Gasteiger partial charge on any atom is 0.123 e. The molecule has 1 unspecified atom stereocenters. The van der Waals surface area contributed by atoms with Gasteiger partial charge in [0.2, 0.25) is 0 Å². The third kappa shape index (κ3) is 3.81. The summed E-state index contributed by atoms with van der Waals surface area (Å²) in [6.45, 7) is 9.89. The van der Waals surface area contributed by atoms with Crippen LogP contribution in [0.3, 0.4) is 0 Å². The first-order valence-corrected chi connectivity index (χ1v) is 5.87. The van der Waals surface area contributed by atoms with Crippen LogP contribution >= 0.6 is 0 Å². The summed E-state index contributed by atoms with van der Waals surface area (Å²) in [6.07, 6.45) is 2.76. The molecule has 0 spiro atoms. The zero-order valence-electron chi connectivity index (χ0n) is 10.7. The molecule has 3 nitrogen and oxygen atoms in total. The molecular formula is C13H23N3. The summed E-state index contributed by atoms with van der Waals surface area (Å²) in [6, 6.07) is 4.45. The van der Waals surface area contributed by atoms with Crippen LogP contribution < -0.4 is 11.1 Å². The number of hydrogen-bond donors (Lipinski definition) is 2. The predicted octanol–water partition coefficient (Wildman–Crippen LogP) is 2.23. The normalized spacial score (nSPS) is 13.8. The van der Waals surface area contributed by atoms with E-state index in [2.05, 4.69) is 38.0 Å². The first-order chi connectivity index (χ1) is 7.43. The lowest BCUT2D eigenvalue weighted by molar-refractivity contribution is 0.270. The van der Waals surface area contributed by atoms with Gasteiger partial charge in [-0.2, -0.15) is 0 Å². The topological polar surface area (TPSA) is 50.9 Å². The number of nitrogens with two attached hydrogens (primary N) is 1. The number of anilines is 1. The molecule has 0 fully saturated rings. The van der Waals surface area contributed by atoms with Crippen molar-refractivity contribution in [2.24, 2.45) is 5.41 Å². The molecule has 0 aliphatic carbocycles. The second kappa shape index (κ2) is 5.30. The molecule has 3 heteroatoms. The minimum absolute atomic E-state index is 0.244. The molecule has 0 aliphatic heterocycles. The molecule has 0 saturated heterocycles. The lowest BCUT2D eigenvalue weighted by Crippen LogP contribution is -2.41. The zero-order chi connectivity index (χ0) is 12.2. The number of hydrogen-bond acceptors (Lipinski definition) is 3. The molecule has 0 bridgehead atoms. The van der Waals surface area contributed by atoms with E-state index in [9.17, 15) is 0 Å². The van der Waals surface area contributed by atoms with E-state index < -0.39 is 0 Å². The van der Waals surface area contributed by atoms with Crippen molar-refractivity contribution in [2.45, 2.75) is 40.2 Å². The molecule has 3 N–H and O–H groups in total. The van der Waals surface area contributed by atoms with Crippen LogP contribution in [0.25, 0.3) is 0 Å². The van der Waals surface area contributed by atoms with Crippen LogP contribution in [0.2, 0.25) is 0 Å². The SMILES string of the molecule is CCNC(Cc1ccnc(N)c1)C(C)(C)C. The highest BCUT2D eigenvalue weighted by atomic mass is 14.9. The summed E-state index contributed by atoms with van der Waals surface area (Å²) in [4.78, 5) is 4.01. The van der Waals surface area contributed by atoms with Crippen LogP contribution in [-0.2, 0) is 6.42 Å². The van der Waals surface area contributed by atoms with Gasteiger partial charge in [-0.3, -0.25) is 0 Å². The third-order valence-electron chi connectivity index (χ3n) is 2.78. The molecule has 0 saturated carbocycles. The van der Waals surface area contributed by atoms with Gasteiger partial charge in [-0.1, -0.05) is 27.7 Å². The van der Waals surface area contributed by atoms with E-state index in [0.29, 0.717) is 11.9 Å². The molecule has 0 aliphatic rings. The van der Waals surface area contributed by atoms with E-state index in [1.54, 1.807) is 6.20 Å². The van der Waals surface area contributed by atoms with E-state index >= 15 is 0 Å². The molecule has 0 radical (unpaired) electrons. The van der Waals surface area contributed by atoms with Crippen LogP contribution in [0.4, 0.5) is 5.82 Å². The highest BCUT2D eigenvalue weighted by Gasteiger charge is 2.23. The van der Waals surface area contributed by atoms with E-state index in [-0.39, 0.29) is 5.41 Å². The molecule has 1 heterocycles. The van der Waals surface area contributed by atoms with Crippen molar-refractivity contribution in [3.8, 4) is 0 Å². The Morgan fingerprint density at radius 3 is 2.62 bits per heavy atom. The Hall–Kier alpha value is -1.09. The summed E-state index contributed by atoms with van der Waals surface area (Å²) >= 11 is 0. The van der Waals surface area contributed by atoms with E-state index in [0.717, 1.165) is 13.0 Å². The van der Waals surface area contributed by atoms with E-state index in [4.69, 9.17) is 5.73 Å². The number of aromatic nitrogens is 1. The Balaban J connectivity index is 2.76. The van der Waals surface area contributed by atoms with Gasteiger partial charge in [0.05, 0.1) is 0 Å². The number of rotatable bonds is 4. The Morgan fingerprint density at radius 2 is 2.12 bits per heavy atom. The molecule has 0 aromatic carbocycles. The van der Waals surface area contributed by atoms with Crippen molar-refractivity contribution in [1.29, 1.82) is 0 Å². The van der Waals surface area contributed by atoms with Crippen molar-refractivity contribution in [2.75, 3.05) is 12.3 Å². The molecule has 16 heavy (non-hydrogen) atoms. The summed E-state index contributed by atoms with van der Waals surface area (Å²) in [5.41, 5.74) is 7.17. The average Bonchev–Trinajstić information content (AvgIpc) is 2.16. The highest BCUT2D eigenvalue weighted by molar-refractivity contribution is 5.32. The Morgan fingerprint density at radius 1 is 1.44 bits per heavy atom. The fourth-order valence-electron chi connectivity index (χ4n) is 1.79. The second-order valence-electron chi connectivity index (χ2n) is 5.27. The summed E-state index contributed by atoms with van der Waals surface area (Å²) in [7, 11) is 0. The average molecular weight is 221 g/mol. The number of likely N-dealkylation sites (N-methyl/N-ethyl adjacent to an activating group) is 1. The summed E-state index contributed by atoms with van der Waals surface area (Å²) in [5.74, 6) is 0.599. The zero-order valence-corrected chi connectivity index (χ0v) is 10.7. The van der Waals surface area contributed by atoms with Crippen LogP contribution in [0.1, 0.15) is 33.3 Å². The smallest absolute Gasteiger partial charge is 0.123 e. The van der Waals surface area contributed by atoms with Crippen LogP contribution in [0, 0.1) is 5.41 Å². The molecule has 1 atom stereocenters. The second-order valence-corrected chi connectivity index (χ2v) is 5.27. The van der Waals surface area contributed by atoms with Crippen LogP contribution in [-0.4, -0.2) is 17.6 Å². The van der Waals surface area contributed by atoms with Crippen LogP contribution in [0.15, 0.2) is 18.3 Å². The number of nitrogens with zero attached hydrogens (tertiary/aromatic N) is 1. The van der Waals surface area contributed by atoms with Gasteiger partial charge in [0, 0.05) is 12.2 Å². The lowest BCUT2D eigenvalue weighted by atomic mass is 9.83. The van der Waals surface area contributed by atoms with Crippen molar-refractivity contribution in [3.63, 3.8) is 0 Å². The third-order valence-corrected chi connectivity index (χ3v) is 2.78. The maximum atomic E-state index is 5.69. The van der Waals surface area contributed by atoms with Gasteiger partial charge in [-0.15, -0.1) is 0 Å². The highest BCUT2D eigenvalue weighted by Crippen LogP contribution is 2.22. The standard InChI is InChI=1S/C13H23N3/c1-5-15-11(13(2,3)4)8-10-6-7-16-12(14)9-10/h6-7,9,11,15H,5,8H2,1-4H3,(H2,14,16). The summed E-state index contributed by atoms with van der Waals surface area (Å²) < 4.78 is 0. The van der Waals surface area contributed by atoms with Crippen LogP contribution in [0.5, 0.6) is 0 Å². The minimum atomic E-state index is 0.244. The van der Waals surface area contributed by atoms with Gasteiger partial charge in [-0.05, 0) is 36.1 Å². The molecule has 0 amide bonds. The lowest BCUT2D eigenvalue weighted by Gasteiger charge is -2.31. The first-order valence-electron chi connectivity index (χ1n) is 5.87. The van der Waals surface area contributed by atoms with Gasteiger partial charge in [-0.25, -0.2) is 4.98 Å². The van der Waals surface area contributed by atoms with Crippen molar-refractivity contribution in [3.05, 3.63) is 23.9 Å². The fourth-order valence-corrected chi connectivity index (χ4v) is 1.79. The van der Waals surface area contributed by atoms with Gasteiger partial charge in [0.1, 0.15) is 5.82 Å².